The molecule has 1 spiro atoms. The molecule has 3 aromatic rings. The van der Waals surface area contributed by atoms with Gasteiger partial charge in [-0.1, -0.05) is 25.0 Å². The Morgan fingerprint density at radius 2 is 1.75 bits per heavy atom. The van der Waals surface area contributed by atoms with Crippen molar-refractivity contribution in [1.82, 2.24) is 14.4 Å². The molecular weight excluding hydrogens is 346 g/mol. The van der Waals surface area contributed by atoms with E-state index < -0.39 is 0 Å². The lowest BCUT2D eigenvalue weighted by atomic mass is 9.77. The number of imidazole rings is 1. The Morgan fingerprint density at radius 3 is 2.54 bits per heavy atom. The first-order chi connectivity index (χ1) is 13.7. The van der Waals surface area contributed by atoms with Crippen molar-refractivity contribution < 1.29 is 0 Å². The summed E-state index contributed by atoms with van der Waals surface area (Å²) < 4.78 is 2.14. The minimum atomic E-state index is 0.620. The predicted molar refractivity (Wildman–Crippen MR) is 115 cm³/mol. The number of benzene rings is 1. The summed E-state index contributed by atoms with van der Waals surface area (Å²) in [5, 5.41) is 3.55. The minimum Gasteiger partial charge on any atom is -0.351 e. The van der Waals surface area contributed by atoms with Gasteiger partial charge < -0.3 is 10.2 Å². The Labute approximate surface area is 166 Å². The monoisotopic (exact) mass is 375 g/mol. The van der Waals surface area contributed by atoms with E-state index in [1.54, 1.807) is 0 Å². The molecule has 28 heavy (non-hydrogen) atoms. The highest BCUT2D eigenvalue weighted by molar-refractivity contribution is 5.76. The number of aromatic nitrogens is 3. The highest BCUT2D eigenvalue weighted by atomic mass is 15.3. The van der Waals surface area contributed by atoms with Crippen LogP contribution in [0.2, 0.25) is 0 Å². The summed E-state index contributed by atoms with van der Waals surface area (Å²) in [5.74, 6) is 1.02. The van der Waals surface area contributed by atoms with Crippen molar-refractivity contribution in [3.05, 3.63) is 47.9 Å². The van der Waals surface area contributed by atoms with Gasteiger partial charge in [0.2, 0.25) is 5.95 Å². The van der Waals surface area contributed by atoms with Crippen molar-refractivity contribution in [2.24, 2.45) is 5.41 Å². The van der Waals surface area contributed by atoms with E-state index in [0.717, 1.165) is 36.1 Å². The second-order valence-electron chi connectivity index (χ2n) is 8.66. The van der Waals surface area contributed by atoms with Crippen molar-refractivity contribution in [2.75, 3.05) is 23.3 Å². The molecule has 0 atom stereocenters. The number of hydrogen-bond donors (Lipinski definition) is 1. The topological polar surface area (TPSA) is 45.5 Å². The largest absolute Gasteiger partial charge is 0.351 e. The van der Waals surface area contributed by atoms with Crippen LogP contribution in [-0.2, 0) is 0 Å². The number of nitrogens with one attached hydrogen (secondary N) is 1. The highest BCUT2D eigenvalue weighted by Crippen LogP contribution is 2.46. The smallest absolute Gasteiger partial charge is 0.211 e. The van der Waals surface area contributed by atoms with Gasteiger partial charge in [0, 0.05) is 31.2 Å². The molecule has 5 heteroatoms. The van der Waals surface area contributed by atoms with Gasteiger partial charge in [-0.15, -0.1) is 0 Å². The maximum Gasteiger partial charge on any atom is 0.211 e. The van der Waals surface area contributed by atoms with Gasteiger partial charge in [0.05, 0.1) is 6.20 Å². The third-order valence-electron chi connectivity index (χ3n) is 7.05. The van der Waals surface area contributed by atoms with Crippen LogP contribution in [0.4, 0.5) is 17.3 Å². The molecule has 3 heterocycles. The lowest BCUT2D eigenvalue weighted by molar-refractivity contribution is 0.225. The number of fused-ring (bicyclic) bond motifs is 1. The molecule has 5 rings (SSSR count). The maximum atomic E-state index is 4.85. The zero-order chi connectivity index (χ0) is 19.1. The van der Waals surface area contributed by atoms with Crippen molar-refractivity contribution in [1.29, 1.82) is 0 Å². The summed E-state index contributed by atoms with van der Waals surface area (Å²) >= 11 is 0. The zero-order valence-corrected chi connectivity index (χ0v) is 16.9. The van der Waals surface area contributed by atoms with E-state index in [-0.39, 0.29) is 0 Å². The molecular formula is C23H29N5. The van der Waals surface area contributed by atoms with E-state index in [1.807, 2.05) is 18.6 Å². The zero-order valence-electron chi connectivity index (χ0n) is 16.9. The van der Waals surface area contributed by atoms with Crippen LogP contribution in [-0.4, -0.2) is 27.5 Å². The molecule has 0 unspecified atom stereocenters. The first-order valence-electron chi connectivity index (χ1n) is 10.6. The number of nitrogens with zero attached hydrogens (tertiary/aromatic N) is 4. The molecule has 1 saturated heterocycles. The lowest BCUT2D eigenvalue weighted by Crippen LogP contribution is -2.40. The molecule has 1 aromatic carbocycles. The third-order valence-corrected chi connectivity index (χ3v) is 7.05. The summed E-state index contributed by atoms with van der Waals surface area (Å²) in [7, 11) is 0. The first-order valence-corrected chi connectivity index (χ1v) is 10.6. The van der Waals surface area contributed by atoms with Crippen LogP contribution in [0, 0.1) is 19.3 Å². The fourth-order valence-corrected chi connectivity index (χ4v) is 5.07. The maximum absolute atomic E-state index is 4.85. The Morgan fingerprint density at radius 1 is 0.964 bits per heavy atom. The highest BCUT2D eigenvalue weighted by Gasteiger charge is 2.37. The van der Waals surface area contributed by atoms with Gasteiger partial charge in [-0.25, -0.2) is 9.97 Å². The molecule has 1 N–H and O–H groups in total. The van der Waals surface area contributed by atoms with Crippen molar-refractivity contribution in [2.45, 2.75) is 52.4 Å². The average molecular weight is 376 g/mol. The fraction of sp³-hybridized carbons (Fsp3) is 0.478. The van der Waals surface area contributed by atoms with E-state index in [4.69, 9.17) is 4.98 Å². The second kappa shape index (κ2) is 6.80. The molecule has 1 aliphatic carbocycles. The van der Waals surface area contributed by atoms with Crippen LogP contribution in [0.5, 0.6) is 0 Å². The van der Waals surface area contributed by atoms with Gasteiger partial charge in [0.25, 0.3) is 0 Å². The van der Waals surface area contributed by atoms with Crippen molar-refractivity contribution in [3.63, 3.8) is 0 Å². The van der Waals surface area contributed by atoms with Crippen LogP contribution >= 0.6 is 0 Å². The summed E-state index contributed by atoms with van der Waals surface area (Å²) in [5.41, 5.74) is 6.16. The van der Waals surface area contributed by atoms with Crippen LogP contribution in [0.3, 0.4) is 0 Å². The van der Waals surface area contributed by atoms with Gasteiger partial charge in [0.15, 0.2) is 5.65 Å². The third kappa shape index (κ3) is 2.93. The summed E-state index contributed by atoms with van der Waals surface area (Å²) in [6, 6.07) is 6.34. The van der Waals surface area contributed by atoms with Crippen LogP contribution in [0.15, 0.2) is 36.8 Å². The molecule has 1 aliphatic heterocycles. The normalized spacial score (nSPS) is 18.9. The Bertz CT molecular complexity index is 989. The molecule has 0 bridgehead atoms. The van der Waals surface area contributed by atoms with Gasteiger partial charge >= 0.3 is 0 Å². The van der Waals surface area contributed by atoms with Gasteiger partial charge in [0.1, 0.15) is 5.69 Å². The Balaban J connectivity index is 1.43. The number of rotatable bonds is 3. The standard InChI is InChI=1S/C23H29N5/c1-17-6-5-7-19(18(17)2)26-20-16-25-22(28-15-12-24-21(20)28)27-13-10-23(11-14-27)8-3-4-9-23/h5-7,12,15-16,26H,3-4,8-11,13-14H2,1-2H3. The predicted octanol–water partition coefficient (Wildman–Crippen LogP) is 5.25. The quantitative estimate of drug-likeness (QED) is 0.679. The SMILES string of the molecule is Cc1cccc(Nc2cnc(N3CCC4(CCCC4)CC3)n3ccnc23)c1C. The van der Waals surface area contributed by atoms with Crippen LogP contribution in [0.25, 0.3) is 5.65 Å². The van der Waals surface area contributed by atoms with Crippen molar-refractivity contribution in [3.8, 4) is 0 Å². The van der Waals surface area contributed by atoms with Crippen LogP contribution in [0.1, 0.15) is 49.7 Å². The Hall–Kier alpha value is -2.56. The summed E-state index contributed by atoms with van der Waals surface area (Å²) in [6.45, 7) is 6.49. The lowest BCUT2D eigenvalue weighted by Gasteiger charge is -2.39. The van der Waals surface area contributed by atoms with Crippen molar-refractivity contribution >= 4 is 23.0 Å². The molecule has 2 aliphatic rings. The number of hydrogen-bond acceptors (Lipinski definition) is 4. The van der Waals surface area contributed by atoms with Crippen LogP contribution < -0.4 is 10.2 Å². The van der Waals surface area contributed by atoms with E-state index >= 15 is 0 Å². The number of anilines is 3. The first kappa shape index (κ1) is 17.5. The molecule has 146 valence electrons. The molecule has 2 aromatic heterocycles. The van der Waals surface area contributed by atoms with E-state index in [9.17, 15) is 0 Å². The Kier molecular flexibility index (Phi) is 4.26. The second-order valence-corrected chi connectivity index (χ2v) is 8.66. The molecule has 0 radical (unpaired) electrons. The number of piperidine rings is 1. The fourth-order valence-electron chi connectivity index (χ4n) is 5.07. The van der Waals surface area contributed by atoms with E-state index in [2.05, 4.69) is 51.6 Å². The summed E-state index contributed by atoms with van der Waals surface area (Å²) in [4.78, 5) is 11.9. The van der Waals surface area contributed by atoms with E-state index in [1.165, 1.54) is 49.7 Å². The molecule has 2 fully saturated rings. The molecule has 0 amide bonds. The number of aryl methyl sites for hydroxylation is 1. The van der Waals surface area contributed by atoms with Gasteiger partial charge in [-0.2, -0.15) is 0 Å². The summed E-state index contributed by atoms with van der Waals surface area (Å²) in [6.07, 6.45) is 14.1. The molecule has 1 saturated carbocycles. The van der Waals surface area contributed by atoms with E-state index in [0.29, 0.717) is 5.41 Å². The average Bonchev–Trinajstić information content (AvgIpc) is 3.37. The minimum absolute atomic E-state index is 0.620. The van der Waals surface area contributed by atoms with Gasteiger partial charge in [-0.05, 0) is 62.1 Å². The molecule has 5 nitrogen and oxygen atoms in total. The van der Waals surface area contributed by atoms with Gasteiger partial charge in [-0.3, -0.25) is 4.40 Å².